The van der Waals surface area contributed by atoms with E-state index in [1.807, 2.05) is 0 Å². The van der Waals surface area contributed by atoms with Crippen molar-refractivity contribution < 1.29 is 23.9 Å². The van der Waals surface area contributed by atoms with Crippen molar-refractivity contribution >= 4 is 17.5 Å². The molecule has 0 saturated carbocycles. The van der Waals surface area contributed by atoms with Crippen LogP contribution in [-0.2, 0) is 0 Å². The van der Waals surface area contributed by atoms with Gasteiger partial charge in [-0.3, -0.25) is 14.6 Å². The van der Waals surface area contributed by atoms with Crippen LogP contribution >= 0.6 is 0 Å². The number of rotatable bonds is 7. The number of hydrogen-bond acceptors (Lipinski definition) is 5. The van der Waals surface area contributed by atoms with Crippen LogP contribution < -0.4 is 0 Å². The average Bonchev–Trinajstić information content (AvgIpc) is 3.21. The van der Waals surface area contributed by atoms with Crippen LogP contribution in [0.2, 0.25) is 0 Å². The van der Waals surface area contributed by atoms with Crippen LogP contribution in [0.15, 0.2) is 71.6 Å². The van der Waals surface area contributed by atoms with Gasteiger partial charge < -0.3 is 9.52 Å². The molecule has 2 heterocycles. The zero-order valence-electron chi connectivity index (χ0n) is 13.7. The molecule has 0 fully saturated rings. The number of pyridine rings is 1. The van der Waals surface area contributed by atoms with Crippen LogP contribution in [0.1, 0.15) is 49.2 Å². The van der Waals surface area contributed by atoms with Crippen molar-refractivity contribution in [2.45, 2.75) is 12.3 Å². The summed E-state index contributed by atoms with van der Waals surface area (Å²) in [7, 11) is 0. The first-order valence-corrected chi connectivity index (χ1v) is 7.90. The second kappa shape index (κ2) is 7.57. The van der Waals surface area contributed by atoms with E-state index in [4.69, 9.17) is 9.52 Å². The number of ketones is 2. The first-order chi connectivity index (χ1) is 12.6. The van der Waals surface area contributed by atoms with E-state index in [1.165, 1.54) is 36.9 Å². The second-order valence-corrected chi connectivity index (χ2v) is 5.68. The lowest BCUT2D eigenvalue weighted by molar-refractivity contribution is 0.0696. The summed E-state index contributed by atoms with van der Waals surface area (Å²) < 4.78 is 5.18. The van der Waals surface area contributed by atoms with Crippen molar-refractivity contribution in [3.05, 3.63) is 89.6 Å². The van der Waals surface area contributed by atoms with Crippen LogP contribution in [0.5, 0.6) is 0 Å². The molecule has 1 atom stereocenters. The Kier molecular flexibility index (Phi) is 5.03. The number of aromatic carboxylic acids is 1. The fourth-order valence-electron chi connectivity index (χ4n) is 2.65. The van der Waals surface area contributed by atoms with Gasteiger partial charge in [0.05, 0.1) is 17.7 Å². The Bertz CT molecular complexity index is 915. The molecular weight excluding hydrogens is 334 g/mol. The van der Waals surface area contributed by atoms with Gasteiger partial charge in [0.25, 0.3) is 0 Å². The number of carboxylic acids is 1. The quantitative estimate of drug-likeness (QED) is 0.654. The third-order valence-corrected chi connectivity index (χ3v) is 4.03. The fourth-order valence-corrected chi connectivity index (χ4v) is 2.65. The van der Waals surface area contributed by atoms with Gasteiger partial charge in [0.2, 0.25) is 5.78 Å². The monoisotopic (exact) mass is 349 g/mol. The Balaban J connectivity index is 1.92. The standard InChI is InChI=1S/C20H15NO5/c22-17(14-7-9-21-10-8-14)12-16(19(23)18-2-1-11-26-18)13-3-5-15(6-4-13)20(24)25/h1-11,16H,12H2,(H,24,25). The van der Waals surface area contributed by atoms with Crippen LogP contribution in [0.3, 0.4) is 0 Å². The highest BCUT2D eigenvalue weighted by atomic mass is 16.4. The van der Waals surface area contributed by atoms with Crippen LogP contribution in [-0.4, -0.2) is 27.6 Å². The molecule has 0 spiro atoms. The molecule has 0 aliphatic carbocycles. The first-order valence-electron chi connectivity index (χ1n) is 7.90. The largest absolute Gasteiger partial charge is 0.478 e. The highest BCUT2D eigenvalue weighted by molar-refractivity contribution is 6.04. The summed E-state index contributed by atoms with van der Waals surface area (Å²) in [5.74, 6) is -2.22. The molecule has 26 heavy (non-hydrogen) atoms. The third kappa shape index (κ3) is 3.75. The minimum absolute atomic E-state index is 0.0596. The molecule has 130 valence electrons. The summed E-state index contributed by atoms with van der Waals surface area (Å²) in [6.45, 7) is 0. The number of hydrogen-bond donors (Lipinski definition) is 1. The number of carboxylic acid groups (broad SMARTS) is 1. The molecule has 2 aromatic heterocycles. The number of benzene rings is 1. The average molecular weight is 349 g/mol. The molecule has 0 aliphatic heterocycles. The summed E-state index contributed by atoms with van der Waals surface area (Å²) in [4.78, 5) is 40.3. The van der Waals surface area contributed by atoms with Gasteiger partial charge in [0.1, 0.15) is 0 Å². The number of aromatic nitrogens is 1. The van der Waals surface area contributed by atoms with Gasteiger partial charge in [-0.2, -0.15) is 0 Å². The molecule has 0 aliphatic rings. The molecule has 0 amide bonds. The van der Waals surface area contributed by atoms with E-state index in [0.29, 0.717) is 11.1 Å². The van der Waals surface area contributed by atoms with E-state index >= 15 is 0 Å². The molecule has 6 heteroatoms. The van der Waals surface area contributed by atoms with Gasteiger partial charge in [0.15, 0.2) is 11.5 Å². The molecule has 1 N–H and O–H groups in total. The predicted octanol–water partition coefficient (Wildman–Crippen LogP) is 3.61. The molecule has 0 saturated heterocycles. The Hall–Kier alpha value is -3.54. The SMILES string of the molecule is O=C(O)c1ccc(C(CC(=O)c2ccncc2)C(=O)c2ccco2)cc1. The lowest BCUT2D eigenvalue weighted by atomic mass is 9.87. The summed E-state index contributed by atoms with van der Waals surface area (Å²) in [6, 6.07) is 12.2. The minimum Gasteiger partial charge on any atom is -0.478 e. The maximum absolute atomic E-state index is 12.8. The zero-order chi connectivity index (χ0) is 18.5. The van der Waals surface area contributed by atoms with Gasteiger partial charge in [-0.05, 0) is 42.0 Å². The van der Waals surface area contributed by atoms with Crippen molar-refractivity contribution in [3.8, 4) is 0 Å². The predicted molar refractivity (Wildman–Crippen MR) is 92.4 cm³/mol. The van der Waals surface area contributed by atoms with E-state index in [2.05, 4.69) is 4.98 Å². The lowest BCUT2D eigenvalue weighted by Gasteiger charge is -2.15. The van der Waals surface area contributed by atoms with Crippen molar-refractivity contribution in [3.63, 3.8) is 0 Å². The Morgan fingerprint density at radius 1 is 0.962 bits per heavy atom. The van der Waals surface area contributed by atoms with Gasteiger partial charge in [-0.1, -0.05) is 12.1 Å². The molecule has 0 bridgehead atoms. The van der Waals surface area contributed by atoms with Crippen molar-refractivity contribution in [2.75, 3.05) is 0 Å². The van der Waals surface area contributed by atoms with Gasteiger partial charge in [0, 0.05) is 24.4 Å². The second-order valence-electron chi connectivity index (χ2n) is 5.68. The van der Waals surface area contributed by atoms with E-state index in [-0.39, 0.29) is 29.3 Å². The van der Waals surface area contributed by atoms with Gasteiger partial charge >= 0.3 is 5.97 Å². The molecule has 0 radical (unpaired) electrons. The van der Waals surface area contributed by atoms with Crippen LogP contribution in [0, 0.1) is 0 Å². The summed E-state index contributed by atoms with van der Waals surface area (Å²) >= 11 is 0. The van der Waals surface area contributed by atoms with E-state index in [0.717, 1.165) is 0 Å². The summed E-state index contributed by atoms with van der Waals surface area (Å²) in [5.41, 5.74) is 1.12. The van der Waals surface area contributed by atoms with Gasteiger partial charge in [-0.25, -0.2) is 4.79 Å². The number of carbonyl (C=O) groups is 3. The number of carbonyl (C=O) groups excluding carboxylic acids is 2. The van der Waals surface area contributed by atoms with Crippen LogP contribution in [0.25, 0.3) is 0 Å². The number of nitrogens with zero attached hydrogens (tertiary/aromatic N) is 1. The zero-order valence-corrected chi connectivity index (χ0v) is 13.7. The normalized spacial score (nSPS) is 11.7. The molecule has 6 nitrogen and oxygen atoms in total. The lowest BCUT2D eigenvalue weighted by Crippen LogP contribution is -2.17. The maximum Gasteiger partial charge on any atom is 0.335 e. The third-order valence-electron chi connectivity index (χ3n) is 4.03. The highest BCUT2D eigenvalue weighted by Crippen LogP contribution is 2.27. The first kappa shape index (κ1) is 17.3. The molecule has 1 unspecified atom stereocenters. The Labute approximate surface area is 149 Å². The minimum atomic E-state index is -1.06. The molecule has 1 aromatic carbocycles. The molecular formula is C20H15NO5. The summed E-state index contributed by atoms with van der Waals surface area (Å²) in [6.07, 6.45) is 4.36. The fraction of sp³-hybridized carbons (Fsp3) is 0.100. The molecule has 3 aromatic rings. The topological polar surface area (TPSA) is 97.5 Å². The van der Waals surface area contributed by atoms with Crippen LogP contribution in [0.4, 0.5) is 0 Å². The van der Waals surface area contributed by atoms with Crippen molar-refractivity contribution in [2.24, 2.45) is 0 Å². The smallest absolute Gasteiger partial charge is 0.335 e. The Morgan fingerprint density at radius 3 is 2.23 bits per heavy atom. The van der Waals surface area contributed by atoms with Crippen molar-refractivity contribution in [1.82, 2.24) is 4.98 Å². The number of furan rings is 1. The van der Waals surface area contributed by atoms with E-state index in [9.17, 15) is 14.4 Å². The maximum atomic E-state index is 12.8. The molecule has 3 rings (SSSR count). The number of Topliss-reactive ketones (excluding diaryl/α,β-unsaturated/α-hetero) is 2. The highest BCUT2D eigenvalue weighted by Gasteiger charge is 2.27. The summed E-state index contributed by atoms with van der Waals surface area (Å²) in [5, 5.41) is 9.03. The van der Waals surface area contributed by atoms with Crippen molar-refractivity contribution in [1.29, 1.82) is 0 Å². The Morgan fingerprint density at radius 2 is 1.65 bits per heavy atom. The van der Waals surface area contributed by atoms with E-state index < -0.39 is 11.9 Å². The van der Waals surface area contributed by atoms with E-state index in [1.54, 1.807) is 30.3 Å². The van der Waals surface area contributed by atoms with Gasteiger partial charge in [-0.15, -0.1) is 0 Å².